The molecule has 4 nitrogen and oxygen atoms in total. The Morgan fingerprint density at radius 3 is 2.33 bits per heavy atom. The second-order valence-corrected chi connectivity index (χ2v) is 7.45. The predicted molar refractivity (Wildman–Crippen MR) is 98.9 cm³/mol. The van der Waals surface area contributed by atoms with E-state index in [1.807, 2.05) is 13.8 Å². The smallest absolute Gasteiger partial charge is 0.337 e. The summed E-state index contributed by atoms with van der Waals surface area (Å²) in [5.74, 6) is 0.464. The van der Waals surface area contributed by atoms with Gasteiger partial charge in [-0.15, -0.1) is 11.3 Å². The summed E-state index contributed by atoms with van der Waals surface area (Å²) in [5.41, 5.74) is 1.59. The van der Waals surface area contributed by atoms with Gasteiger partial charge in [0.25, 0.3) is 5.91 Å². The summed E-state index contributed by atoms with van der Waals surface area (Å²) < 4.78 is 38.0. The number of fused-ring (bicyclic) bond motifs is 1. The van der Waals surface area contributed by atoms with E-state index in [0.717, 1.165) is 33.6 Å². The maximum absolute atomic E-state index is 12.9. The molecule has 2 heterocycles. The maximum atomic E-state index is 12.9. The minimum absolute atomic E-state index is 0.188. The zero-order valence-electron chi connectivity index (χ0n) is 15.3. The summed E-state index contributed by atoms with van der Waals surface area (Å²) >= 11 is 1.31. The zero-order chi connectivity index (χ0) is 19.9. The number of aromatic nitrogens is 2. The molecule has 0 atom stereocenters. The number of carbonyl (C=O) groups is 1. The Bertz CT molecular complexity index is 1010. The standard InChI is InChI=1S/C19H18F3N3OS/c1-10-15-11(2)23-12(3)24-17(15)27-16(10)18(26)25(4)9-13-5-7-14(8-6-13)19(20,21)22/h5-8H,9H2,1-4H3. The number of aryl methyl sites for hydroxylation is 3. The van der Waals surface area contributed by atoms with E-state index in [9.17, 15) is 18.0 Å². The second-order valence-electron chi connectivity index (χ2n) is 6.45. The molecule has 1 aromatic carbocycles. The molecule has 3 aromatic rings. The minimum atomic E-state index is -4.37. The molecule has 0 saturated carbocycles. The molecule has 27 heavy (non-hydrogen) atoms. The summed E-state index contributed by atoms with van der Waals surface area (Å²) in [4.78, 5) is 24.5. The molecule has 0 saturated heterocycles. The molecular formula is C19H18F3N3OS. The lowest BCUT2D eigenvalue weighted by atomic mass is 10.1. The van der Waals surface area contributed by atoms with E-state index in [2.05, 4.69) is 9.97 Å². The molecule has 3 rings (SSSR count). The Morgan fingerprint density at radius 1 is 1.11 bits per heavy atom. The number of rotatable bonds is 3. The van der Waals surface area contributed by atoms with Gasteiger partial charge in [-0.05, 0) is 44.0 Å². The molecule has 0 spiro atoms. The lowest BCUT2D eigenvalue weighted by molar-refractivity contribution is -0.137. The highest BCUT2D eigenvalue weighted by molar-refractivity contribution is 7.20. The van der Waals surface area contributed by atoms with Gasteiger partial charge < -0.3 is 4.90 Å². The van der Waals surface area contributed by atoms with E-state index >= 15 is 0 Å². The molecule has 1 amide bonds. The topological polar surface area (TPSA) is 46.1 Å². The van der Waals surface area contributed by atoms with Crippen molar-refractivity contribution in [3.63, 3.8) is 0 Å². The van der Waals surface area contributed by atoms with Crippen molar-refractivity contribution in [3.05, 3.63) is 57.4 Å². The van der Waals surface area contributed by atoms with E-state index in [0.29, 0.717) is 16.3 Å². The van der Waals surface area contributed by atoms with Crippen LogP contribution < -0.4 is 0 Å². The van der Waals surface area contributed by atoms with Crippen molar-refractivity contribution in [2.45, 2.75) is 33.5 Å². The summed E-state index contributed by atoms with van der Waals surface area (Å²) in [6.45, 7) is 5.77. The van der Waals surface area contributed by atoms with Gasteiger partial charge >= 0.3 is 6.18 Å². The highest BCUT2D eigenvalue weighted by Crippen LogP contribution is 2.32. The first-order valence-electron chi connectivity index (χ1n) is 8.24. The third kappa shape index (κ3) is 3.80. The summed E-state index contributed by atoms with van der Waals surface area (Å²) in [6.07, 6.45) is -4.37. The highest BCUT2D eigenvalue weighted by atomic mass is 32.1. The van der Waals surface area contributed by atoms with Crippen LogP contribution in [0.1, 0.15) is 37.9 Å². The molecule has 0 bridgehead atoms. The summed E-state index contributed by atoms with van der Waals surface area (Å²) in [7, 11) is 1.63. The van der Waals surface area contributed by atoms with Crippen LogP contribution in [0.4, 0.5) is 13.2 Å². The van der Waals surface area contributed by atoms with Crippen molar-refractivity contribution < 1.29 is 18.0 Å². The fourth-order valence-electron chi connectivity index (χ4n) is 3.00. The molecule has 0 aliphatic carbocycles. The summed E-state index contributed by atoms with van der Waals surface area (Å²) in [5, 5.41) is 0.886. The van der Waals surface area contributed by atoms with Crippen LogP contribution >= 0.6 is 11.3 Å². The fraction of sp³-hybridized carbons (Fsp3) is 0.316. The maximum Gasteiger partial charge on any atom is 0.416 e. The van der Waals surface area contributed by atoms with Crippen molar-refractivity contribution >= 4 is 27.5 Å². The van der Waals surface area contributed by atoms with E-state index in [1.54, 1.807) is 14.0 Å². The number of halogens is 3. The predicted octanol–water partition coefficient (Wildman–Crippen LogP) is 4.91. The van der Waals surface area contributed by atoms with Gasteiger partial charge in [0.2, 0.25) is 0 Å². The van der Waals surface area contributed by atoms with E-state index in [1.165, 1.54) is 28.4 Å². The van der Waals surface area contributed by atoms with Crippen molar-refractivity contribution in [2.75, 3.05) is 7.05 Å². The zero-order valence-corrected chi connectivity index (χ0v) is 16.1. The van der Waals surface area contributed by atoms with Crippen LogP contribution in [0.3, 0.4) is 0 Å². The summed E-state index contributed by atoms with van der Waals surface area (Å²) in [6, 6.07) is 4.84. The largest absolute Gasteiger partial charge is 0.416 e. The van der Waals surface area contributed by atoms with Crippen LogP contribution in [0.2, 0.25) is 0 Å². The number of nitrogens with zero attached hydrogens (tertiary/aromatic N) is 3. The highest BCUT2D eigenvalue weighted by Gasteiger charge is 2.30. The lowest BCUT2D eigenvalue weighted by Gasteiger charge is -2.17. The lowest BCUT2D eigenvalue weighted by Crippen LogP contribution is -2.26. The molecule has 8 heteroatoms. The third-order valence-corrected chi connectivity index (χ3v) is 5.50. The van der Waals surface area contributed by atoms with Gasteiger partial charge in [-0.3, -0.25) is 4.79 Å². The fourth-order valence-corrected chi connectivity index (χ4v) is 4.27. The van der Waals surface area contributed by atoms with E-state index < -0.39 is 11.7 Å². The SMILES string of the molecule is Cc1nc(C)c2c(C)c(C(=O)N(C)Cc3ccc(C(F)(F)F)cc3)sc2n1. The quantitative estimate of drug-likeness (QED) is 0.635. The van der Waals surface area contributed by atoms with Gasteiger partial charge in [0.05, 0.1) is 10.4 Å². The number of amides is 1. The van der Waals surface area contributed by atoms with Crippen molar-refractivity contribution in [1.29, 1.82) is 0 Å². The molecule has 0 aliphatic rings. The minimum Gasteiger partial charge on any atom is -0.337 e. The molecule has 0 radical (unpaired) electrons. The van der Waals surface area contributed by atoms with Crippen LogP contribution in [0.5, 0.6) is 0 Å². The molecule has 0 unspecified atom stereocenters. The van der Waals surface area contributed by atoms with Crippen LogP contribution in [-0.4, -0.2) is 27.8 Å². The molecule has 0 fully saturated rings. The third-order valence-electron chi connectivity index (χ3n) is 4.32. The van der Waals surface area contributed by atoms with Gasteiger partial charge in [0, 0.05) is 24.7 Å². The van der Waals surface area contributed by atoms with E-state index in [4.69, 9.17) is 0 Å². The number of carbonyl (C=O) groups excluding carboxylic acids is 1. The van der Waals surface area contributed by atoms with Gasteiger partial charge in [-0.25, -0.2) is 9.97 Å². The first kappa shape index (κ1) is 19.3. The number of thiophene rings is 1. The molecule has 2 aromatic heterocycles. The monoisotopic (exact) mass is 393 g/mol. The van der Waals surface area contributed by atoms with Crippen molar-refractivity contribution in [1.82, 2.24) is 14.9 Å². The first-order chi connectivity index (χ1) is 12.6. The number of hydrogen-bond donors (Lipinski definition) is 0. The number of benzene rings is 1. The average molecular weight is 393 g/mol. The molecule has 142 valence electrons. The Balaban J connectivity index is 1.84. The normalized spacial score (nSPS) is 11.8. The van der Waals surface area contributed by atoms with Crippen molar-refractivity contribution in [3.8, 4) is 0 Å². The molecule has 0 N–H and O–H groups in total. The average Bonchev–Trinajstić information content (AvgIpc) is 2.90. The Morgan fingerprint density at radius 2 is 1.74 bits per heavy atom. The number of hydrogen-bond acceptors (Lipinski definition) is 4. The van der Waals surface area contributed by atoms with Gasteiger partial charge in [0.15, 0.2) is 0 Å². The van der Waals surface area contributed by atoms with Gasteiger partial charge in [0.1, 0.15) is 10.7 Å². The Hall–Kier alpha value is -2.48. The van der Waals surface area contributed by atoms with Gasteiger partial charge in [-0.1, -0.05) is 12.1 Å². The molecule has 0 aliphatic heterocycles. The Kier molecular flexibility index (Phi) is 4.94. The van der Waals surface area contributed by atoms with Gasteiger partial charge in [-0.2, -0.15) is 13.2 Å². The Labute approximate surface area is 158 Å². The van der Waals surface area contributed by atoms with Crippen LogP contribution in [-0.2, 0) is 12.7 Å². The second kappa shape index (κ2) is 6.92. The van der Waals surface area contributed by atoms with Crippen LogP contribution in [0.15, 0.2) is 24.3 Å². The van der Waals surface area contributed by atoms with Crippen LogP contribution in [0, 0.1) is 20.8 Å². The first-order valence-corrected chi connectivity index (χ1v) is 9.05. The van der Waals surface area contributed by atoms with Crippen molar-refractivity contribution in [2.24, 2.45) is 0 Å². The molecular weight excluding hydrogens is 375 g/mol. The van der Waals surface area contributed by atoms with E-state index in [-0.39, 0.29) is 12.5 Å². The van der Waals surface area contributed by atoms with Crippen LogP contribution in [0.25, 0.3) is 10.2 Å². The number of alkyl halides is 3.